The molecule has 0 aliphatic heterocycles. The van der Waals surface area contributed by atoms with Crippen molar-refractivity contribution in [2.24, 2.45) is 11.8 Å². The molecule has 0 aromatic heterocycles. The fraction of sp³-hybridized carbons (Fsp3) is 1.00. The summed E-state index contributed by atoms with van der Waals surface area (Å²) in [6, 6.07) is 0. The van der Waals surface area contributed by atoms with Gasteiger partial charge in [-0.15, -0.1) is 0 Å². The fourth-order valence-electron chi connectivity index (χ4n) is 1.55. The largest absolute Gasteiger partial charge is 0.393 e. The minimum absolute atomic E-state index is 0. The van der Waals surface area contributed by atoms with Crippen molar-refractivity contribution in [1.29, 1.82) is 0 Å². The molecule has 1 N–H and O–H groups in total. The van der Waals surface area contributed by atoms with Gasteiger partial charge in [0.25, 0.3) is 0 Å². The molecule has 1 radical (unpaired) electrons. The maximum atomic E-state index is 9.35. The maximum absolute atomic E-state index is 9.35. The van der Waals surface area contributed by atoms with Crippen molar-refractivity contribution in [3.8, 4) is 0 Å². The Bertz CT molecular complexity index is 85.3. The molecule has 1 aliphatic carbocycles. The molecule has 10 heavy (non-hydrogen) atoms. The Kier molecular flexibility index (Phi) is 5.22. The zero-order valence-electron chi connectivity index (χ0n) is 7.30. The number of aliphatic hydroxyl groups excluding tert-OH is 1. The van der Waals surface area contributed by atoms with Gasteiger partial charge in [0.05, 0.1) is 6.10 Å². The Hall–Kier alpha value is 0.960. The molecular formula is C8H16NaO. The van der Waals surface area contributed by atoms with E-state index in [-0.39, 0.29) is 35.7 Å². The van der Waals surface area contributed by atoms with Crippen molar-refractivity contribution >= 4 is 29.6 Å². The summed E-state index contributed by atoms with van der Waals surface area (Å²) >= 11 is 0. The van der Waals surface area contributed by atoms with Crippen molar-refractivity contribution < 1.29 is 5.11 Å². The molecule has 0 saturated heterocycles. The van der Waals surface area contributed by atoms with Crippen LogP contribution in [-0.4, -0.2) is 40.8 Å². The molecule has 55 valence electrons. The molecule has 0 spiro atoms. The summed E-state index contributed by atoms with van der Waals surface area (Å²) in [5.41, 5.74) is 0. The van der Waals surface area contributed by atoms with E-state index in [9.17, 15) is 5.11 Å². The smallest absolute Gasteiger partial charge is 0.0568 e. The van der Waals surface area contributed by atoms with E-state index in [1.165, 1.54) is 12.8 Å². The van der Waals surface area contributed by atoms with Crippen molar-refractivity contribution in [2.75, 3.05) is 0 Å². The molecule has 1 saturated carbocycles. The van der Waals surface area contributed by atoms with Crippen LogP contribution in [0.15, 0.2) is 0 Å². The molecule has 1 fully saturated rings. The number of aliphatic hydroxyl groups is 1. The summed E-state index contributed by atoms with van der Waals surface area (Å²) in [5, 5.41) is 9.35. The Morgan fingerprint density at radius 2 is 1.80 bits per heavy atom. The summed E-state index contributed by atoms with van der Waals surface area (Å²) in [5.74, 6) is 1.26. The van der Waals surface area contributed by atoms with Gasteiger partial charge in [0, 0.05) is 29.6 Å². The first-order chi connectivity index (χ1) is 4.22. The third kappa shape index (κ3) is 2.54. The van der Waals surface area contributed by atoms with Gasteiger partial charge in [-0.3, -0.25) is 0 Å². The number of rotatable bonds is 0. The topological polar surface area (TPSA) is 20.2 Å². The molecule has 0 aromatic carbocycles. The molecule has 0 aromatic rings. The molecule has 3 atom stereocenters. The van der Waals surface area contributed by atoms with E-state index in [0.29, 0.717) is 5.92 Å². The quantitative estimate of drug-likeness (QED) is 0.519. The molecule has 1 nitrogen and oxygen atoms in total. The first kappa shape index (κ1) is 11.0. The van der Waals surface area contributed by atoms with E-state index >= 15 is 0 Å². The number of hydrogen-bond acceptors (Lipinski definition) is 1. The third-order valence-corrected chi connectivity index (χ3v) is 2.66. The van der Waals surface area contributed by atoms with Crippen LogP contribution in [0.25, 0.3) is 0 Å². The molecule has 2 heteroatoms. The Morgan fingerprint density at radius 1 is 1.20 bits per heavy atom. The van der Waals surface area contributed by atoms with E-state index in [4.69, 9.17) is 0 Å². The zero-order chi connectivity index (χ0) is 6.85. The Morgan fingerprint density at radius 3 is 2.20 bits per heavy atom. The number of hydrogen-bond donors (Lipinski definition) is 1. The first-order valence-corrected chi connectivity index (χ1v) is 3.90. The SMILES string of the molecule is CC1CCCC(O)C1C.[Na]. The van der Waals surface area contributed by atoms with Crippen molar-refractivity contribution in [2.45, 2.75) is 39.2 Å². The van der Waals surface area contributed by atoms with Crippen LogP contribution in [-0.2, 0) is 0 Å². The average molecular weight is 151 g/mol. The molecule has 0 amide bonds. The van der Waals surface area contributed by atoms with Gasteiger partial charge in [-0.05, 0) is 18.3 Å². The van der Waals surface area contributed by atoms with Gasteiger partial charge in [0.1, 0.15) is 0 Å². The van der Waals surface area contributed by atoms with Gasteiger partial charge in [-0.25, -0.2) is 0 Å². The van der Waals surface area contributed by atoms with Crippen LogP contribution in [0, 0.1) is 11.8 Å². The fourth-order valence-corrected chi connectivity index (χ4v) is 1.55. The third-order valence-electron chi connectivity index (χ3n) is 2.66. The molecule has 1 rings (SSSR count). The van der Waals surface area contributed by atoms with Crippen LogP contribution in [0.2, 0.25) is 0 Å². The van der Waals surface area contributed by atoms with Crippen LogP contribution in [0.3, 0.4) is 0 Å². The maximum Gasteiger partial charge on any atom is 0.0568 e. The van der Waals surface area contributed by atoms with Crippen LogP contribution >= 0.6 is 0 Å². The summed E-state index contributed by atoms with van der Waals surface area (Å²) in [4.78, 5) is 0. The Balaban J connectivity index is 0.000000810. The van der Waals surface area contributed by atoms with Crippen LogP contribution < -0.4 is 0 Å². The van der Waals surface area contributed by atoms with Gasteiger partial charge in [-0.1, -0.05) is 26.7 Å². The van der Waals surface area contributed by atoms with Gasteiger partial charge in [0.2, 0.25) is 0 Å². The van der Waals surface area contributed by atoms with Crippen LogP contribution in [0.1, 0.15) is 33.1 Å². The van der Waals surface area contributed by atoms with Gasteiger partial charge in [-0.2, -0.15) is 0 Å². The zero-order valence-corrected chi connectivity index (χ0v) is 9.30. The second-order valence-corrected chi connectivity index (χ2v) is 3.33. The van der Waals surface area contributed by atoms with Gasteiger partial charge >= 0.3 is 0 Å². The minimum Gasteiger partial charge on any atom is -0.393 e. The van der Waals surface area contributed by atoms with Gasteiger partial charge < -0.3 is 5.11 Å². The van der Waals surface area contributed by atoms with E-state index in [0.717, 1.165) is 12.3 Å². The van der Waals surface area contributed by atoms with Crippen LogP contribution in [0.4, 0.5) is 0 Å². The van der Waals surface area contributed by atoms with E-state index in [1.54, 1.807) is 0 Å². The summed E-state index contributed by atoms with van der Waals surface area (Å²) < 4.78 is 0. The average Bonchev–Trinajstić information content (AvgIpc) is 1.83. The van der Waals surface area contributed by atoms with Crippen molar-refractivity contribution in [3.63, 3.8) is 0 Å². The summed E-state index contributed by atoms with van der Waals surface area (Å²) in [6.45, 7) is 4.38. The van der Waals surface area contributed by atoms with Gasteiger partial charge in [0.15, 0.2) is 0 Å². The monoisotopic (exact) mass is 151 g/mol. The summed E-state index contributed by atoms with van der Waals surface area (Å²) in [6.07, 6.45) is 3.52. The standard InChI is InChI=1S/C8H16O.Na/c1-6-4-3-5-8(9)7(6)2;/h6-9H,3-5H2,1-2H3;. The molecule has 0 heterocycles. The Labute approximate surface area is 85.5 Å². The predicted molar refractivity (Wildman–Crippen MR) is 43.9 cm³/mol. The van der Waals surface area contributed by atoms with E-state index < -0.39 is 0 Å². The first-order valence-electron chi connectivity index (χ1n) is 3.90. The summed E-state index contributed by atoms with van der Waals surface area (Å²) in [7, 11) is 0. The minimum atomic E-state index is -0.0197. The van der Waals surface area contributed by atoms with Crippen LogP contribution in [0.5, 0.6) is 0 Å². The molecular weight excluding hydrogens is 135 g/mol. The second kappa shape index (κ2) is 4.76. The van der Waals surface area contributed by atoms with E-state index in [2.05, 4.69) is 13.8 Å². The molecule has 3 unspecified atom stereocenters. The second-order valence-electron chi connectivity index (χ2n) is 3.33. The van der Waals surface area contributed by atoms with Crippen molar-refractivity contribution in [1.82, 2.24) is 0 Å². The van der Waals surface area contributed by atoms with E-state index in [1.807, 2.05) is 0 Å². The normalized spacial score (nSPS) is 40.5. The molecule has 0 bridgehead atoms. The van der Waals surface area contributed by atoms with Crippen molar-refractivity contribution in [3.05, 3.63) is 0 Å². The predicted octanol–water partition coefficient (Wildman–Crippen LogP) is 1.42. The molecule has 1 aliphatic rings.